The van der Waals surface area contributed by atoms with Crippen LogP contribution in [0.3, 0.4) is 0 Å². The maximum absolute atomic E-state index is 12.1. The van der Waals surface area contributed by atoms with E-state index < -0.39 is 5.66 Å². The normalized spacial score (nSPS) is 18.5. The van der Waals surface area contributed by atoms with Crippen molar-refractivity contribution in [2.45, 2.75) is 51.0 Å². The summed E-state index contributed by atoms with van der Waals surface area (Å²) in [6.45, 7) is 3.20. The largest absolute Gasteiger partial charge is 0.423 e. The first kappa shape index (κ1) is 15.6. The second-order valence-corrected chi connectivity index (χ2v) is 5.83. The number of rotatable bonds is 8. The van der Waals surface area contributed by atoms with E-state index in [0.29, 0.717) is 44.1 Å². The van der Waals surface area contributed by atoms with Gasteiger partial charge in [0.1, 0.15) is 6.61 Å². The number of hydrogen-bond donors (Lipinski definition) is 0. The van der Waals surface area contributed by atoms with E-state index in [2.05, 4.69) is 26.3 Å². The summed E-state index contributed by atoms with van der Waals surface area (Å²) in [7, 11) is 0. The molecule has 122 valence electrons. The number of aryl methyl sites for hydroxylation is 1. The lowest BCUT2D eigenvalue weighted by Gasteiger charge is -2.38. The van der Waals surface area contributed by atoms with Gasteiger partial charge in [0.25, 0.3) is 0 Å². The molecule has 1 saturated heterocycles. The van der Waals surface area contributed by atoms with Gasteiger partial charge in [-0.05, 0) is 0 Å². The Kier molecular flexibility index (Phi) is 4.39. The summed E-state index contributed by atoms with van der Waals surface area (Å²) in [6, 6.07) is 0. The minimum atomic E-state index is -0.390. The van der Waals surface area contributed by atoms with E-state index in [9.17, 15) is 4.79 Å². The highest BCUT2D eigenvalue weighted by atomic mass is 16.5. The van der Waals surface area contributed by atoms with Crippen LogP contribution in [0.4, 0.5) is 0 Å². The summed E-state index contributed by atoms with van der Waals surface area (Å²) in [4.78, 5) is 13.9. The molecule has 0 saturated carbocycles. The van der Waals surface area contributed by atoms with E-state index in [1.807, 2.05) is 0 Å². The maximum atomic E-state index is 12.1. The van der Waals surface area contributed by atoms with Crippen LogP contribution in [0.2, 0.25) is 0 Å². The van der Waals surface area contributed by atoms with E-state index in [-0.39, 0.29) is 18.6 Å². The Labute approximate surface area is 134 Å². The zero-order valence-electron chi connectivity index (χ0n) is 13.1. The molecule has 8 nitrogen and oxygen atoms in total. The number of terminal acetylenes is 1. The van der Waals surface area contributed by atoms with Crippen LogP contribution in [0.1, 0.15) is 37.5 Å². The van der Waals surface area contributed by atoms with Crippen molar-refractivity contribution in [1.29, 1.82) is 0 Å². The molecular formula is C15H19N5O3. The quantitative estimate of drug-likeness (QED) is 0.677. The number of nitrogens with zero attached hydrogens (tertiary/aromatic N) is 5. The van der Waals surface area contributed by atoms with Crippen molar-refractivity contribution in [2.75, 3.05) is 13.1 Å². The van der Waals surface area contributed by atoms with Gasteiger partial charge in [-0.15, -0.1) is 22.5 Å². The van der Waals surface area contributed by atoms with Crippen molar-refractivity contribution in [3.63, 3.8) is 0 Å². The molecule has 1 aromatic rings. The molecule has 0 bridgehead atoms. The van der Waals surface area contributed by atoms with Crippen LogP contribution in [-0.2, 0) is 16.1 Å². The zero-order valence-corrected chi connectivity index (χ0v) is 13.1. The van der Waals surface area contributed by atoms with Gasteiger partial charge in [-0.1, -0.05) is 0 Å². The minimum absolute atomic E-state index is 0.0249. The molecule has 3 heterocycles. The van der Waals surface area contributed by atoms with Gasteiger partial charge < -0.3 is 14.1 Å². The number of ether oxygens (including phenoxy) is 1. The lowest BCUT2D eigenvalue weighted by molar-refractivity contribution is -0.146. The molecule has 0 aliphatic carbocycles. The summed E-state index contributed by atoms with van der Waals surface area (Å²) >= 11 is 0. The van der Waals surface area contributed by atoms with Crippen molar-refractivity contribution < 1.29 is 13.9 Å². The fourth-order valence-electron chi connectivity index (χ4n) is 2.47. The lowest BCUT2D eigenvalue weighted by Crippen LogP contribution is -2.54. The molecule has 0 radical (unpaired) electrons. The third kappa shape index (κ3) is 3.93. The molecule has 1 aromatic heterocycles. The molecule has 0 atom stereocenters. The fourth-order valence-corrected chi connectivity index (χ4v) is 2.47. The van der Waals surface area contributed by atoms with Crippen LogP contribution in [-0.4, -0.2) is 45.9 Å². The van der Waals surface area contributed by atoms with Gasteiger partial charge in [0.2, 0.25) is 17.7 Å². The molecule has 0 spiro atoms. The van der Waals surface area contributed by atoms with Crippen LogP contribution >= 0.6 is 0 Å². The van der Waals surface area contributed by atoms with Crippen molar-refractivity contribution in [1.82, 2.24) is 15.1 Å². The molecule has 0 unspecified atom stereocenters. The highest BCUT2D eigenvalue weighted by molar-refractivity contribution is 5.77. The number of aromatic nitrogens is 2. The van der Waals surface area contributed by atoms with E-state index in [0.717, 1.165) is 6.42 Å². The van der Waals surface area contributed by atoms with Gasteiger partial charge in [0.15, 0.2) is 5.66 Å². The van der Waals surface area contributed by atoms with Gasteiger partial charge >= 0.3 is 0 Å². The third-order valence-corrected chi connectivity index (χ3v) is 4.00. The standard InChI is InChI=1S/C15H19N5O3/c1-3-4-6-15(18-19-15)7-5-14(21)20-8-12(9-20)22-10-13-17-16-11(2)23-13/h1,12H,4-10H2,2H3. The predicted molar refractivity (Wildman–Crippen MR) is 79.1 cm³/mol. The van der Waals surface area contributed by atoms with E-state index in [4.69, 9.17) is 15.6 Å². The number of carbonyl (C=O) groups excluding carboxylic acids is 1. The molecule has 2 aliphatic rings. The smallest absolute Gasteiger partial charge is 0.242 e. The minimum Gasteiger partial charge on any atom is -0.423 e. The second kappa shape index (κ2) is 6.46. The van der Waals surface area contributed by atoms with Crippen molar-refractivity contribution in [2.24, 2.45) is 10.2 Å². The first-order chi connectivity index (χ1) is 11.1. The Bertz CT molecular complexity index is 636. The average Bonchev–Trinajstić information content (AvgIpc) is 3.15. The van der Waals surface area contributed by atoms with E-state index in [1.54, 1.807) is 11.8 Å². The predicted octanol–water partition coefficient (Wildman–Crippen LogP) is 1.46. The van der Waals surface area contributed by atoms with Crippen LogP contribution in [0, 0.1) is 19.3 Å². The zero-order chi connectivity index (χ0) is 16.3. The molecule has 23 heavy (non-hydrogen) atoms. The van der Waals surface area contributed by atoms with Gasteiger partial charge in [-0.25, -0.2) is 0 Å². The molecule has 0 N–H and O–H groups in total. The Morgan fingerprint density at radius 3 is 2.83 bits per heavy atom. The molecule has 8 heteroatoms. The summed E-state index contributed by atoms with van der Waals surface area (Å²) < 4.78 is 10.8. The summed E-state index contributed by atoms with van der Waals surface area (Å²) in [5.74, 6) is 3.66. The monoisotopic (exact) mass is 317 g/mol. The highest BCUT2D eigenvalue weighted by Gasteiger charge is 2.40. The van der Waals surface area contributed by atoms with Gasteiger partial charge in [-0.3, -0.25) is 4.79 Å². The molecular weight excluding hydrogens is 298 g/mol. The number of amides is 1. The number of carbonyl (C=O) groups is 1. The summed E-state index contributed by atoms with van der Waals surface area (Å²) in [5, 5.41) is 15.7. The highest BCUT2D eigenvalue weighted by Crippen LogP contribution is 2.37. The second-order valence-electron chi connectivity index (χ2n) is 5.83. The lowest BCUT2D eigenvalue weighted by atomic mass is 10.0. The van der Waals surface area contributed by atoms with Crippen molar-refractivity contribution in [3.05, 3.63) is 11.8 Å². The molecule has 1 fully saturated rings. The van der Waals surface area contributed by atoms with E-state index in [1.165, 1.54) is 0 Å². The molecule has 1 amide bonds. The molecule has 3 rings (SSSR count). The van der Waals surface area contributed by atoms with Crippen LogP contribution in [0.15, 0.2) is 14.6 Å². The van der Waals surface area contributed by atoms with Gasteiger partial charge in [0, 0.05) is 45.7 Å². The van der Waals surface area contributed by atoms with Crippen LogP contribution < -0.4 is 0 Å². The summed E-state index contributed by atoms with van der Waals surface area (Å²) in [5.41, 5.74) is -0.390. The van der Waals surface area contributed by atoms with E-state index >= 15 is 0 Å². The first-order valence-electron chi connectivity index (χ1n) is 7.66. The molecule has 0 aromatic carbocycles. The number of hydrogen-bond acceptors (Lipinski definition) is 7. The van der Waals surface area contributed by atoms with Crippen LogP contribution in [0.25, 0.3) is 0 Å². The van der Waals surface area contributed by atoms with Gasteiger partial charge in [0.05, 0.1) is 6.10 Å². The summed E-state index contributed by atoms with van der Waals surface area (Å²) in [6.07, 6.45) is 7.71. The SMILES string of the molecule is C#CCCC1(CCC(=O)N2CC(OCc3nnc(C)o3)C2)N=N1. The Hall–Kier alpha value is -2.27. The Morgan fingerprint density at radius 2 is 2.22 bits per heavy atom. The average molecular weight is 317 g/mol. The maximum Gasteiger partial charge on any atom is 0.242 e. The van der Waals surface area contributed by atoms with Crippen molar-refractivity contribution in [3.8, 4) is 12.3 Å². The Morgan fingerprint density at radius 1 is 1.43 bits per heavy atom. The number of likely N-dealkylation sites (tertiary alicyclic amines) is 1. The topological polar surface area (TPSA) is 93.2 Å². The first-order valence-corrected chi connectivity index (χ1v) is 7.66. The molecule has 2 aliphatic heterocycles. The van der Waals surface area contributed by atoms with Crippen LogP contribution in [0.5, 0.6) is 0 Å². The van der Waals surface area contributed by atoms with Crippen molar-refractivity contribution >= 4 is 5.91 Å². The third-order valence-electron chi connectivity index (χ3n) is 4.00. The fraction of sp³-hybridized carbons (Fsp3) is 0.667. The Balaban J connectivity index is 1.31. The van der Waals surface area contributed by atoms with Gasteiger partial charge in [-0.2, -0.15) is 10.2 Å².